The number of quaternary nitrogens is 2. The minimum absolute atomic E-state index is 0. The fourth-order valence-electron chi connectivity index (χ4n) is 15.8. The summed E-state index contributed by atoms with van der Waals surface area (Å²) in [7, 11) is 23.3. The van der Waals surface area contributed by atoms with Crippen LogP contribution in [0.25, 0.3) is 0 Å². The quantitative estimate of drug-likeness (QED) is 0.0109. The van der Waals surface area contributed by atoms with Crippen LogP contribution in [0.1, 0.15) is 183 Å². The Morgan fingerprint density at radius 2 is 0.545 bits per heavy atom. The Morgan fingerprint density at radius 3 is 0.811 bits per heavy atom. The third-order valence-corrected chi connectivity index (χ3v) is 23.9. The number of carbonyl (C=O) groups is 4. The van der Waals surface area contributed by atoms with Crippen molar-refractivity contribution in [1.29, 1.82) is 0 Å². The van der Waals surface area contributed by atoms with Crippen LogP contribution in [0, 0.1) is 0 Å². The lowest BCUT2D eigenvalue weighted by atomic mass is 9.82. The maximum absolute atomic E-state index is 14.4. The number of fused-ring (bicyclic) bond motifs is 4. The van der Waals surface area contributed by atoms with Crippen LogP contribution in [-0.4, -0.2) is 209 Å². The Bertz CT molecular complexity index is 4910. The van der Waals surface area contributed by atoms with Gasteiger partial charge in [0.1, 0.15) is 19.6 Å². The number of hydrogen-bond donors (Lipinski definition) is 4. The lowest BCUT2D eigenvalue weighted by Crippen LogP contribution is -3.00. The van der Waals surface area contributed by atoms with Gasteiger partial charge in [-0.1, -0.05) is 125 Å². The van der Waals surface area contributed by atoms with Crippen molar-refractivity contribution in [3.05, 3.63) is 299 Å². The van der Waals surface area contributed by atoms with Crippen molar-refractivity contribution >= 4 is 97.5 Å². The molecule has 4 N–H and O–H groups in total. The largest absolute Gasteiger partial charge is 1.00 e. The predicted molar refractivity (Wildman–Crippen MR) is 529 cm³/mol. The number of para-hydroxylation sites is 3. The molecule has 2 aliphatic rings. The average Bonchev–Trinajstić information content (AvgIpc) is 0.748. The first kappa shape index (κ1) is 114. The summed E-state index contributed by atoms with van der Waals surface area (Å²) in [5, 5.41) is 34.3. The number of nitrogens with zero attached hydrogens (tertiary/aromatic N) is 13. The molecule has 0 aliphatic heterocycles. The molecule has 0 spiro atoms. The van der Waals surface area contributed by atoms with E-state index in [1.54, 1.807) is 24.3 Å². The maximum atomic E-state index is 14.4. The molecule has 132 heavy (non-hydrogen) atoms. The molecular weight excluding hydrogens is 2040 g/mol. The van der Waals surface area contributed by atoms with Gasteiger partial charge in [0.25, 0.3) is 0 Å². The lowest BCUT2D eigenvalue weighted by Gasteiger charge is -2.30. The first-order chi connectivity index (χ1) is 61.5. The number of benzene rings is 7. The second-order valence-electron chi connectivity index (χ2n) is 35.1. The standard InChI is InChI=1S/C62H81N10O2.C24H32N4O2.C19H25BrN3.5BrH/c1-67(53-25-13-11-14-26-53)65-49-51-33-41-69(42-34-51)39-17-7-9-19-45-71(3,4)47-23-37-63-57-31-21-29-55-59(57)62(74)60-56(61(55)73)30-22-32-58(60)64-38-24-48-72(5,6)46-20-10-8-18-40-70-43-35-52(36-44-70)50-66-68(2)54-27-15-12-16-28-54;1-27(2)15-7-13-25-19-11-5-9-17-21(19)24(30)22-18(23(17)29)10-6-12-20(22)26-14-8-16-28(3)4;1-22(19-9-5-4-6-10-19)21-17-18-11-15-23(16-12-18)14-8-3-2-7-13-20;;;;;/h11-16,21-22,25-36,41-44,49-50H,7-10,17-20,23-24,37-40,45-48H2,1-6H3,(H-,63,64,74);5-6,9-12,25-26H,7-8,13-16H2,1-4H3;4-6,9-12,15-17H,2-3,7-8,13-14H2,1H3;5*1H/q+3;;+1;;;;;/p-4. The molecule has 0 fully saturated rings. The van der Waals surface area contributed by atoms with E-state index in [0.29, 0.717) is 44.5 Å². The molecule has 0 amide bonds. The number of rotatable bonds is 49. The molecule has 2 aliphatic carbocycles. The Hall–Kier alpha value is -9.00. The summed E-state index contributed by atoms with van der Waals surface area (Å²) in [5.74, 6) is -0.362. The van der Waals surface area contributed by atoms with Gasteiger partial charge in [-0.05, 0) is 166 Å². The van der Waals surface area contributed by atoms with Crippen molar-refractivity contribution in [3.8, 4) is 0 Å². The predicted octanol–water partition coefficient (Wildman–Crippen LogP) is 2.86. The fourth-order valence-corrected chi connectivity index (χ4v) is 16.2. The molecule has 21 nitrogen and oxygen atoms in total. The van der Waals surface area contributed by atoms with Crippen LogP contribution in [0.15, 0.2) is 253 Å². The first-order valence-electron chi connectivity index (χ1n) is 45.7. The van der Waals surface area contributed by atoms with Gasteiger partial charge in [0.15, 0.2) is 60.3 Å². The Morgan fingerprint density at radius 1 is 0.295 bits per heavy atom. The highest BCUT2D eigenvalue weighted by Crippen LogP contribution is 2.38. The van der Waals surface area contributed by atoms with E-state index in [9.17, 15) is 19.2 Å². The number of hydrazone groups is 3. The number of hydrogen-bond acceptors (Lipinski definition) is 16. The van der Waals surface area contributed by atoms with Crippen LogP contribution in [0.2, 0.25) is 0 Å². The average molecular weight is 2180 g/mol. The van der Waals surface area contributed by atoms with E-state index < -0.39 is 0 Å². The van der Waals surface area contributed by atoms with Crippen molar-refractivity contribution in [2.45, 2.75) is 122 Å². The summed E-state index contributed by atoms with van der Waals surface area (Å²) in [6.45, 7) is 12.3. The van der Waals surface area contributed by atoms with E-state index in [1.807, 2.05) is 223 Å². The molecule has 3 heterocycles. The maximum Gasteiger partial charge on any atom is 0.198 e. The first-order valence-corrected chi connectivity index (χ1v) is 46.8. The summed E-state index contributed by atoms with van der Waals surface area (Å²) in [4.78, 5) is 59.2. The van der Waals surface area contributed by atoms with Crippen molar-refractivity contribution in [3.63, 3.8) is 0 Å². The van der Waals surface area contributed by atoms with Crippen LogP contribution in [0.5, 0.6) is 0 Å². The van der Waals surface area contributed by atoms with Crippen molar-refractivity contribution in [2.24, 2.45) is 15.3 Å². The van der Waals surface area contributed by atoms with Crippen molar-refractivity contribution in [1.82, 2.24) is 9.80 Å². The van der Waals surface area contributed by atoms with Crippen LogP contribution >= 0.6 is 15.9 Å². The Kier molecular flexibility index (Phi) is 51.9. The minimum atomic E-state index is -0.0916. The van der Waals surface area contributed by atoms with E-state index in [0.717, 1.165) is 194 Å². The molecular formula is C105H139Br6N17O4. The van der Waals surface area contributed by atoms with E-state index in [2.05, 4.69) is 178 Å². The number of aryl methyl sites for hydroxylation is 3. The van der Waals surface area contributed by atoms with E-state index >= 15 is 0 Å². The molecule has 0 saturated carbocycles. The van der Waals surface area contributed by atoms with Gasteiger partial charge >= 0.3 is 0 Å². The molecule has 0 saturated heterocycles. The highest BCUT2D eigenvalue weighted by Gasteiger charge is 2.36. The number of unbranched alkanes of at least 4 members (excludes halogenated alkanes) is 9. The summed E-state index contributed by atoms with van der Waals surface area (Å²) >= 11 is 3.47. The monoisotopic (exact) mass is 2180 g/mol. The van der Waals surface area contributed by atoms with Gasteiger partial charge in [-0.3, -0.25) is 34.2 Å². The van der Waals surface area contributed by atoms with Gasteiger partial charge in [-0.2, -0.15) is 15.3 Å². The number of alkyl halides is 1. The number of anilines is 7. The molecule has 7 aromatic carbocycles. The molecule has 12 rings (SSSR count). The zero-order chi connectivity index (χ0) is 90.2. The number of nitrogens with one attached hydrogen (secondary N) is 4. The van der Waals surface area contributed by atoms with Gasteiger partial charge in [0.2, 0.25) is 0 Å². The Labute approximate surface area is 847 Å². The number of ketones is 4. The van der Waals surface area contributed by atoms with E-state index in [4.69, 9.17) is 0 Å². The highest BCUT2D eigenvalue weighted by molar-refractivity contribution is 9.09. The number of halogens is 6. The zero-order valence-corrected chi connectivity index (χ0v) is 88.7. The van der Waals surface area contributed by atoms with Gasteiger partial charge in [0.05, 0.1) is 112 Å². The van der Waals surface area contributed by atoms with Crippen LogP contribution in [-0.2, 0) is 19.6 Å². The molecule has 710 valence electrons. The SMILES string of the molecule is CN(/N=C/c1cc[n+](CCCCCCBr)cc1)c1ccccc1.CN(/N=C/c1cc[n+](CCCCCC[N+](C)(C)CCCNc2cccc3c2C(=O)c2c(NCCC[N+](C)(C)CCCCCC[n+]4ccc(/C=N/N(C)c5ccccc5)cc4)cccc2C3=O)cc1)c1ccccc1.CN(C)CCCNc1cccc2c1C(=O)c1c(NCCCN(C)C)cccc1C2=O.[Br-].[Br-].[Br-].[Br-].[Br-]. The summed E-state index contributed by atoms with van der Waals surface area (Å²) in [6, 6.07) is 65.3. The van der Waals surface area contributed by atoms with Crippen LogP contribution in [0.4, 0.5) is 39.8 Å². The fraction of sp³-hybridized carbons (Fsp3) is 0.390. The number of pyridine rings is 3. The third kappa shape index (κ3) is 37.0. The molecule has 10 aromatic rings. The molecule has 0 atom stereocenters. The lowest BCUT2D eigenvalue weighted by molar-refractivity contribution is -0.890. The van der Waals surface area contributed by atoms with E-state index in [-0.39, 0.29) is 108 Å². The van der Waals surface area contributed by atoms with Crippen LogP contribution < -0.4 is 135 Å². The van der Waals surface area contributed by atoms with E-state index in [1.165, 1.54) is 64.2 Å². The smallest absolute Gasteiger partial charge is 0.198 e. The minimum Gasteiger partial charge on any atom is -1.00 e. The van der Waals surface area contributed by atoms with Crippen molar-refractivity contribution < 1.29 is 127 Å². The summed E-state index contributed by atoms with van der Waals surface area (Å²) < 4.78 is 8.65. The second kappa shape index (κ2) is 60.4. The highest BCUT2D eigenvalue weighted by atomic mass is 79.9. The molecule has 27 heteroatoms. The van der Waals surface area contributed by atoms with Gasteiger partial charge in [-0.15, -0.1) is 0 Å². The molecule has 0 bridgehead atoms. The molecule has 3 aromatic heterocycles. The van der Waals surface area contributed by atoms with Crippen LogP contribution in [0.3, 0.4) is 0 Å². The number of carbonyl (C=O) groups excluding carboxylic acids is 4. The number of aromatic nitrogens is 3. The molecule has 0 unspecified atom stereocenters. The van der Waals surface area contributed by atoms with Crippen molar-refractivity contribution in [2.75, 3.05) is 185 Å². The third-order valence-electron chi connectivity index (χ3n) is 23.3. The topological polar surface area (TPSA) is 181 Å². The normalized spacial score (nSPS) is 11.9. The van der Waals surface area contributed by atoms with Gasteiger partial charge < -0.3 is 125 Å². The second-order valence-corrected chi connectivity index (χ2v) is 35.9. The Balaban J connectivity index is 0.000000434. The van der Waals surface area contributed by atoms with Gasteiger partial charge in [-0.25, -0.2) is 13.7 Å². The summed E-state index contributed by atoms with van der Waals surface area (Å²) in [6.07, 6.45) is 37.0. The zero-order valence-electron chi connectivity index (χ0n) is 79.2. The summed E-state index contributed by atoms with van der Waals surface area (Å²) in [5.41, 5.74) is 13.3. The molecule has 0 radical (unpaired) electrons. The van der Waals surface area contributed by atoms with Gasteiger partial charge in [0, 0.05) is 183 Å².